The molecule has 1 unspecified atom stereocenters. The number of fused-ring (bicyclic) bond motifs is 1. The standard InChI is InChI=1S/C25H22FN5OS2/c1-14-15(2)33-24-20(14)23(32)27-21(28-24)16(3)34-25-30-29-22(18-9-11-19(26)12-10-18)31(25)13-17-7-5-4-6-8-17/h4-12,16H,13H2,1-3H3,(H,27,28,32). The number of rotatable bonds is 6. The summed E-state index contributed by atoms with van der Waals surface area (Å²) >= 11 is 3.01. The number of hydrogen-bond acceptors (Lipinski definition) is 6. The molecule has 0 radical (unpaired) electrons. The van der Waals surface area contributed by atoms with E-state index in [1.54, 1.807) is 12.1 Å². The number of aryl methyl sites for hydroxylation is 2. The summed E-state index contributed by atoms with van der Waals surface area (Å²) in [4.78, 5) is 22.3. The number of nitrogens with zero attached hydrogens (tertiary/aromatic N) is 4. The lowest BCUT2D eigenvalue weighted by Gasteiger charge is -2.13. The van der Waals surface area contributed by atoms with E-state index in [0.29, 0.717) is 28.7 Å². The Balaban J connectivity index is 1.52. The van der Waals surface area contributed by atoms with E-state index in [1.165, 1.54) is 35.2 Å². The van der Waals surface area contributed by atoms with Gasteiger partial charge in [0.2, 0.25) is 0 Å². The first-order chi connectivity index (χ1) is 16.4. The molecule has 0 amide bonds. The van der Waals surface area contributed by atoms with Gasteiger partial charge in [-0.3, -0.25) is 9.36 Å². The van der Waals surface area contributed by atoms with Crippen LogP contribution in [0.5, 0.6) is 0 Å². The highest BCUT2D eigenvalue weighted by Crippen LogP contribution is 2.35. The van der Waals surface area contributed by atoms with E-state index < -0.39 is 0 Å². The average Bonchev–Trinajstić information content (AvgIpc) is 3.35. The summed E-state index contributed by atoms with van der Waals surface area (Å²) in [5.41, 5.74) is 2.73. The number of benzene rings is 2. The van der Waals surface area contributed by atoms with Crippen LogP contribution in [0.4, 0.5) is 4.39 Å². The summed E-state index contributed by atoms with van der Waals surface area (Å²) in [5.74, 6) is 0.951. The monoisotopic (exact) mass is 491 g/mol. The second kappa shape index (κ2) is 9.15. The summed E-state index contributed by atoms with van der Waals surface area (Å²) in [5, 5.41) is 10.1. The summed E-state index contributed by atoms with van der Waals surface area (Å²) in [6.07, 6.45) is 0. The largest absolute Gasteiger partial charge is 0.309 e. The van der Waals surface area contributed by atoms with E-state index >= 15 is 0 Å². The van der Waals surface area contributed by atoms with Crippen molar-refractivity contribution in [1.82, 2.24) is 24.7 Å². The van der Waals surface area contributed by atoms with Gasteiger partial charge in [0.05, 0.1) is 17.2 Å². The lowest BCUT2D eigenvalue weighted by atomic mass is 10.2. The fourth-order valence-corrected chi connectivity index (χ4v) is 5.72. The summed E-state index contributed by atoms with van der Waals surface area (Å²) in [7, 11) is 0. The van der Waals surface area contributed by atoms with E-state index in [4.69, 9.17) is 4.98 Å². The first-order valence-electron chi connectivity index (χ1n) is 10.8. The molecule has 34 heavy (non-hydrogen) atoms. The summed E-state index contributed by atoms with van der Waals surface area (Å²) < 4.78 is 15.5. The van der Waals surface area contributed by atoms with Crippen LogP contribution in [0.15, 0.2) is 64.5 Å². The van der Waals surface area contributed by atoms with Gasteiger partial charge in [0.25, 0.3) is 5.56 Å². The van der Waals surface area contributed by atoms with Crippen molar-refractivity contribution in [2.45, 2.75) is 37.7 Å². The van der Waals surface area contributed by atoms with Crippen LogP contribution in [0.2, 0.25) is 0 Å². The van der Waals surface area contributed by atoms with E-state index in [0.717, 1.165) is 26.4 Å². The number of aromatic nitrogens is 5. The van der Waals surface area contributed by atoms with Crippen LogP contribution in [-0.2, 0) is 6.54 Å². The molecule has 0 aliphatic carbocycles. The minimum absolute atomic E-state index is 0.118. The van der Waals surface area contributed by atoms with Crippen molar-refractivity contribution in [1.29, 1.82) is 0 Å². The van der Waals surface area contributed by atoms with Gasteiger partial charge in [-0.2, -0.15) is 0 Å². The Bertz CT molecular complexity index is 1520. The zero-order valence-electron chi connectivity index (χ0n) is 18.9. The highest BCUT2D eigenvalue weighted by molar-refractivity contribution is 7.99. The van der Waals surface area contributed by atoms with Gasteiger partial charge in [-0.05, 0) is 56.2 Å². The molecule has 2 aromatic carbocycles. The van der Waals surface area contributed by atoms with Crippen molar-refractivity contribution >= 4 is 33.3 Å². The van der Waals surface area contributed by atoms with Gasteiger partial charge in [0.1, 0.15) is 16.5 Å². The van der Waals surface area contributed by atoms with E-state index in [-0.39, 0.29) is 16.6 Å². The zero-order chi connectivity index (χ0) is 23.8. The van der Waals surface area contributed by atoms with Gasteiger partial charge >= 0.3 is 0 Å². The van der Waals surface area contributed by atoms with Crippen molar-refractivity contribution in [2.75, 3.05) is 0 Å². The molecule has 0 fully saturated rings. The lowest BCUT2D eigenvalue weighted by Crippen LogP contribution is -2.13. The zero-order valence-corrected chi connectivity index (χ0v) is 20.5. The van der Waals surface area contributed by atoms with Gasteiger partial charge < -0.3 is 4.98 Å². The molecule has 0 saturated heterocycles. The number of thiophene rings is 1. The average molecular weight is 492 g/mol. The van der Waals surface area contributed by atoms with Gasteiger partial charge in [0.15, 0.2) is 11.0 Å². The molecule has 9 heteroatoms. The Hall–Kier alpha value is -3.30. The van der Waals surface area contributed by atoms with Crippen LogP contribution in [0, 0.1) is 19.7 Å². The predicted molar refractivity (Wildman–Crippen MR) is 135 cm³/mol. The Morgan fingerprint density at radius 3 is 2.56 bits per heavy atom. The molecular weight excluding hydrogens is 469 g/mol. The molecule has 3 aromatic heterocycles. The molecule has 5 aromatic rings. The number of hydrogen-bond donors (Lipinski definition) is 1. The maximum absolute atomic E-state index is 13.5. The molecule has 5 rings (SSSR count). The Kier molecular flexibility index (Phi) is 6.05. The molecule has 3 heterocycles. The molecule has 0 saturated carbocycles. The number of nitrogens with one attached hydrogen (secondary N) is 1. The predicted octanol–water partition coefficient (Wildman–Crippen LogP) is 5.90. The number of aromatic amines is 1. The fourth-order valence-electron chi connectivity index (χ4n) is 3.77. The van der Waals surface area contributed by atoms with Crippen LogP contribution in [0.3, 0.4) is 0 Å². The third-order valence-electron chi connectivity index (χ3n) is 5.73. The van der Waals surface area contributed by atoms with E-state index in [1.807, 2.05) is 55.7 Å². The normalized spacial score (nSPS) is 12.4. The van der Waals surface area contributed by atoms with Gasteiger partial charge in [-0.25, -0.2) is 9.37 Å². The van der Waals surface area contributed by atoms with Crippen LogP contribution in [0.1, 0.15) is 34.0 Å². The van der Waals surface area contributed by atoms with Crippen molar-refractivity contribution in [3.63, 3.8) is 0 Å². The third kappa shape index (κ3) is 4.28. The maximum Gasteiger partial charge on any atom is 0.259 e. The smallest absolute Gasteiger partial charge is 0.259 e. The van der Waals surface area contributed by atoms with Crippen LogP contribution in [-0.4, -0.2) is 24.7 Å². The second-order valence-corrected chi connectivity index (χ2v) is 10.6. The molecule has 1 atom stereocenters. The van der Waals surface area contributed by atoms with Gasteiger partial charge in [0, 0.05) is 10.4 Å². The molecule has 1 N–H and O–H groups in total. The van der Waals surface area contributed by atoms with Crippen LogP contribution < -0.4 is 5.56 Å². The van der Waals surface area contributed by atoms with Gasteiger partial charge in [-0.1, -0.05) is 42.1 Å². The van der Waals surface area contributed by atoms with Crippen molar-refractivity contribution in [3.05, 3.63) is 92.6 Å². The number of H-pyrrole nitrogens is 1. The SMILES string of the molecule is Cc1sc2nc(C(C)Sc3nnc(-c4ccc(F)cc4)n3Cc3ccccc3)[nH]c(=O)c2c1C. The fraction of sp³-hybridized carbons (Fsp3) is 0.200. The van der Waals surface area contributed by atoms with Crippen molar-refractivity contribution in [2.24, 2.45) is 0 Å². The molecule has 0 aliphatic heterocycles. The topological polar surface area (TPSA) is 76.5 Å². The molecule has 6 nitrogen and oxygen atoms in total. The first kappa shape index (κ1) is 22.5. The molecule has 0 spiro atoms. The lowest BCUT2D eigenvalue weighted by molar-refractivity contribution is 0.628. The summed E-state index contributed by atoms with van der Waals surface area (Å²) in [6, 6.07) is 16.3. The van der Waals surface area contributed by atoms with E-state index in [2.05, 4.69) is 15.2 Å². The van der Waals surface area contributed by atoms with Crippen molar-refractivity contribution in [3.8, 4) is 11.4 Å². The van der Waals surface area contributed by atoms with Crippen molar-refractivity contribution < 1.29 is 4.39 Å². The number of halogens is 1. The van der Waals surface area contributed by atoms with E-state index in [9.17, 15) is 9.18 Å². The highest BCUT2D eigenvalue weighted by Gasteiger charge is 2.21. The minimum Gasteiger partial charge on any atom is -0.309 e. The van der Waals surface area contributed by atoms with Gasteiger partial charge in [-0.15, -0.1) is 21.5 Å². The Morgan fingerprint density at radius 1 is 1.09 bits per heavy atom. The Morgan fingerprint density at radius 2 is 1.82 bits per heavy atom. The second-order valence-electron chi connectivity index (χ2n) is 8.06. The van der Waals surface area contributed by atoms with Crippen LogP contribution >= 0.6 is 23.1 Å². The maximum atomic E-state index is 13.5. The first-order valence-corrected chi connectivity index (χ1v) is 12.5. The Labute approximate surface area is 203 Å². The molecule has 172 valence electrons. The number of thioether (sulfide) groups is 1. The molecular formula is C25H22FN5OS2. The minimum atomic E-state index is -0.300. The molecule has 0 bridgehead atoms. The quantitative estimate of drug-likeness (QED) is 0.299. The third-order valence-corrected chi connectivity index (χ3v) is 7.92. The van der Waals surface area contributed by atoms with Crippen LogP contribution in [0.25, 0.3) is 21.6 Å². The molecule has 0 aliphatic rings. The highest BCUT2D eigenvalue weighted by atomic mass is 32.2. The summed E-state index contributed by atoms with van der Waals surface area (Å²) in [6.45, 7) is 6.50.